The Morgan fingerprint density at radius 1 is 0.358 bits per heavy atom. The van der Waals surface area contributed by atoms with E-state index in [0.717, 1.165) is 76.0 Å². The van der Waals surface area contributed by atoms with Gasteiger partial charge in [-0.25, -0.2) is 0 Å². The van der Waals surface area contributed by atoms with E-state index in [1.54, 1.807) is 0 Å². The Balaban J connectivity index is 4.00. The summed E-state index contributed by atoms with van der Waals surface area (Å²) in [6.07, 6.45) is 38.6. The second-order valence-electron chi connectivity index (χ2n) is 17.0. The van der Waals surface area contributed by atoms with Crippen molar-refractivity contribution in [2.24, 2.45) is 11.8 Å². The molecule has 0 amide bonds. The van der Waals surface area contributed by atoms with Gasteiger partial charge < -0.3 is 14.2 Å². The van der Waals surface area contributed by atoms with E-state index in [-0.39, 0.29) is 31.1 Å². The Morgan fingerprint density at radius 3 is 0.925 bits per heavy atom. The lowest BCUT2D eigenvalue weighted by Gasteiger charge is -2.18. The second kappa shape index (κ2) is 40.1. The van der Waals surface area contributed by atoms with Gasteiger partial charge in [-0.3, -0.25) is 14.4 Å². The highest BCUT2D eigenvalue weighted by atomic mass is 16.6. The zero-order valence-electron chi connectivity index (χ0n) is 36.1. The van der Waals surface area contributed by atoms with Crippen LogP contribution in [0, 0.1) is 11.8 Å². The molecule has 314 valence electrons. The molecule has 0 saturated heterocycles. The number of ether oxygens (including phenoxy) is 3. The smallest absolute Gasteiger partial charge is 0.306 e. The maximum absolute atomic E-state index is 12.5. The lowest BCUT2D eigenvalue weighted by molar-refractivity contribution is -0.167. The summed E-state index contributed by atoms with van der Waals surface area (Å²) in [6.45, 7) is 11.2. The molecule has 0 unspecified atom stereocenters. The molecule has 0 aromatic carbocycles. The average molecular weight is 751 g/mol. The zero-order valence-corrected chi connectivity index (χ0v) is 36.1. The van der Waals surface area contributed by atoms with Crippen LogP contribution in [0.3, 0.4) is 0 Å². The molecule has 0 radical (unpaired) electrons. The van der Waals surface area contributed by atoms with Gasteiger partial charge in [-0.1, -0.05) is 214 Å². The van der Waals surface area contributed by atoms with E-state index >= 15 is 0 Å². The van der Waals surface area contributed by atoms with Gasteiger partial charge in [-0.15, -0.1) is 0 Å². The van der Waals surface area contributed by atoms with Crippen molar-refractivity contribution >= 4 is 17.9 Å². The zero-order chi connectivity index (χ0) is 39.0. The Hall–Kier alpha value is -1.59. The maximum atomic E-state index is 12.5. The first-order chi connectivity index (χ1) is 25.7. The third kappa shape index (κ3) is 41.4. The van der Waals surface area contributed by atoms with Gasteiger partial charge in [0, 0.05) is 19.3 Å². The van der Waals surface area contributed by atoms with Crippen LogP contribution in [-0.2, 0) is 28.6 Å². The summed E-state index contributed by atoms with van der Waals surface area (Å²) < 4.78 is 16.6. The third-order valence-electron chi connectivity index (χ3n) is 10.5. The molecule has 0 heterocycles. The summed E-state index contributed by atoms with van der Waals surface area (Å²) in [6, 6.07) is 0. The number of esters is 3. The number of hydrogen-bond acceptors (Lipinski definition) is 6. The SMILES string of the molecule is CCCCCCCC(=O)O[C@H](COC(=O)CCCCCCCCCCCCCCCCCCCCC(C)C)COC(=O)CCCCCCCCC(C)C. The fraction of sp³-hybridized carbons (Fsp3) is 0.936. The lowest BCUT2D eigenvalue weighted by Crippen LogP contribution is -2.30. The molecule has 0 rings (SSSR count). The van der Waals surface area contributed by atoms with Crippen LogP contribution in [-0.4, -0.2) is 37.2 Å². The van der Waals surface area contributed by atoms with Crippen molar-refractivity contribution < 1.29 is 28.6 Å². The minimum Gasteiger partial charge on any atom is -0.462 e. The van der Waals surface area contributed by atoms with Gasteiger partial charge in [0.15, 0.2) is 6.10 Å². The number of unbranched alkanes of at least 4 members (excludes halogenated alkanes) is 26. The van der Waals surface area contributed by atoms with Crippen molar-refractivity contribution in [3.8, 4) is 0 Å². The predicted molar refractivity (Wildman–Crippen MR) is 224 cm³/mol. The van der Waals surface area contributed by atoms with Crippen LogP contribution in [0.5, 0.6) is 0 Å². The van der Waals surface area contributed by atoms with E-state index < -0.39 is 6.10 Å². The Labute approximate surface area is 329 Å². The molecule has 0 N–H and O–H groups in total. The first-order valence-electron chi connectivity index (χ1n) is 23.2. The number of carbonyl (C=O) groups excluding carboxylic acids is 3. The van der Waals surface area contributed by atoms with Crippen LogP contribution in [0.2, 0.25) is 0 Å². The van der Waals surface area contributed by atoms with Crippen LogP contribution >= 0.6 is 0 Å². The largest absolute Gasteiger partial charge is 0.462 e. The fourth-order valence-corrected chi connectivity index (χ4v) is 6.93. The standard InChI is InChI=1S/C47H90O6/c1-6-7-8-25-34-39-47(50)53-44(41-52-46(49)38-33-29-24-23-27-31-36-43(4)5)40-51-45(48)37-32-28-22-20-18-16-14-12-10-9-11-13-15-17-19-21-26-30-35-42(2)3/h42-44H,6-41H2,1-5H3/t44-/m1/s1. The van der Waals surface area contributed by atoms with Gasteiger partial charge in [-0.05, 0) is 31.1 Å². The molecule has 0 aliphatic rings. The molecule has 0 bridgehead atoms. The van der Waals surface area contributed by atoms with Gasteiger partial charge in [0.05, 0.1) is 0 Å². The van der Waals surface area contributed by atoms with E-state index in [4.69, 9.17) is 14.2 Å². The quantitative estimate of drug-likeness (QED) is 0.0352. The average Bonchev–Trinajstić information content (AvgIpc) is 3.12. The molecule has 0 aromatic rings. The molecule has 6 nitrogen and oxygen atoms in total. The monoisotopic (exact) mass is 751 g/mol. The predicted octanol–water partition coefficient (Wildman–Crippen LogP) is 14.6. The van der Waals surface area contributed by atoms with Crippen molar-refractivity contribution in [3.05, 3.63) is 0 Å². The van der Waals surface area contributed by atoms with Crippen LogP contribution in [0.1, 0.15) is 253 Å². The van der Waals surface area contributed by atoms with E-state index in [1.165, 1.54) is 135 Å². The molecule has 0 aliphatic carbocycles. The Kier molecular flexibility index (Phi) is 38.9. The molecule has 0 aromatic heterocycles. The fourth-order valence-electron chi connectivity index (χ4n) is 6.93. The van der Waals surface area contributed by atoms with Crippen LogP contribution < -0.4 is 0 Å². The minimum atomic E-state index is -0.758. The summed E-state index contributed by atoms with van der Waals surface area (Å²) in [5.41, 5.74) is 0. The molecule has 53 heavy (non-hydrogen) atoms. The highest BCUT2D eigenvalue weighted by molar-refractivity contribution is 5.71. The summed E-state index contributed by atoms with van der Waals surface area (Å²) in [5.74, 6) is 0.747. The molecule has 0 spiro atoms. The summed E-state index contributed by atoms with van der Waals surface area (Å²) >= 11 is 0. The van der Waals surface area contributed by atoms with E-state index in [0.29, 0.717) is 19.3 Å². The number of carbonyl (C=O) groups is 3. The van der Waals surface area contributed by atoms with Crippen LogP contribution in [0.15, 0.2) is 0 Å². The third-order valence-corrected chi connectivity index (χ3v) is 10.5. The molecule has 0 aliphatic heterocycles. The summed E-state index contributed by atoms with van der Waals surface area (Å²) in [5, 5.41) is 0. The second-order valence-corrected chi connectivity index (χ2v) is 17.0. The first kappa shape index (κ1) is 51.4. The minimum absolute atomic E-state index is 0.0667. The van der Waals surface area contributed by atoms with Gasteiger partial charge in [-0.2, -0.15) is 0 Å². The van der Waals surface area contributed by atoms with Gasteiger partial charge in [0.2, 0.25) is 0 Å². The lowest BCUT2D eigenvalue weighted by atomic mass is 10.0. The van der Waals surface area contributed by atoms with Crippen LogP contribution in [0.25, 0.3) is 0 Å². The van der Waals surface area contributed by atoms with E-state index in [1.807, 2.05) is 0 Å². The maximum Gasteiger partial charge on any atom is 0.306 e. The van der Waals surface area contributed by atoms with Crippen molar-refractivity contribution in [2.75, 3.05) is 13.2 Å². The Bertz CT molecular complexity index is 809. The topological polar surface area (TPSA) is 78.9 Å². The van der Waals surface area contributed by atoms with Crippen molar-refractivity contribution in [2.45, 2.75) is 259 Å². The first-order valence-corrected chi connectivity index (χ1v) is 23.2. The summed E-state index contributed by atoms with van der Waals surface area (Å²) in [4.78, 5) is 37.4. The normalized spacial score (nSPS) is 12.1. The highest BCUT2D eigenvalue weighted by Gasteiger charge is 2.19. The molecule has 1 atom stereocenters. The van der Waals surface area contributed by atoms with Gasteiger partial charge in [0.1, 0.15) is 13.2 Å². The van der Waals surface area contributed by atoms with Crippen molar-refractivity contribution in [1.29, 1.82) is 0 Å². The molecule has 0 fully saturated rings. The number of hydrogen-bond donors (Lipinski definition) is 0. The van der Waals surface area contributed by atoms with Gasteiger partial charge in [0.25, 0.3) is 0 Å². The number of rotatable bonds is 41. The summed E-state index contributed by atoms with van der Waals surface area (Å²) in [7, 11) is 0. The molecular formula is C47H90O6. The van der Waals surface area contributed by atoms with Crippen molar-refractivity contribution in [1.82, 2.24) is 0 Å². The highest BCUT2D eigenvalue weighted by Crippen LogP contribution is 2.17. The molecular weight excluding hydrogens is 661 g/mol. The van der Waals surface area contributed by atoms with E-state index in [2.05, 4.69) is 34.6 Å². The van der Waals surface area contributed by atoms with Crippen LogP contribution in [0.4, 0.5) is 0 Å². The Morgan fingerprint density at radius 2 is 0.623 bits per heavy atom. The van der Waals surface area contributed by atoms with Crippen molar-refractivity contribution in [3.63, 3.8) is 0 Å². The molecule has 6 heteroatoms. The molecule has 0 saturated carbocycles. The van der Waals surface area contributed by atoms with Gasteiger partial charge >= 0.3 is 17.9 Å². The van der Waals surface area contributed by atoms with E-state index in [9.17, 15) is 14.4 Å².